The standard InChI is InChI=1S/C15H18N2O2S/c1-4-10(2)19-13-6-5-11(8-14(13)18-3)7-12(9-16)15(17)20/h5-8,10H,4H2,1-3H3,(H2,17,20). The summed E-state index contributed by atoms with van der Waals surface area (Å²) in [4.78, 5) is 0.0754. The van der Waals surface area contributed by atoms with Crippen LogP contribution >= 0.6 is 12.2 Å². The normalized spacial score (nSPS) is 12.4. The van der Waals surface area contributed by atoms with Crippen LogP contribution in [0.4, 0.5) is 0 Å². The van der Waals surface area contributed by atoms with Crippen LogP contribution in [-0.4, -0.2) is 18.2 Å². The van der Waals surface area contributed by atoms with E-state index in [2.05, 4.69) is 6.92 Å². The van der Waals surface area contributed by atoms with Crippen molar-refractivity contribution >= 4 is 23.3 Å². The fourth-order valence-electron chi connectivity index (χ4n) is 1.50. The summed E-state index contributed by atoms with van der Waals surface area (Å²) in [7, 11) is 1.57. The van der Waals surface area contributed by atoms with E-state index in [-0.39, 0.29) is 16.7 Å². The molecule has 0 saturated carbocycles. The van der Waals surface area contributed by atoms with Gasteiger partial charge in [0, 0.05) is 0 Å². The number of nitriles is 1. The summed E-state index contributed by atoms with van der Waals surface area (Å²) in [5.74, 6) is 1.28. The largest absolute Gasteiger partial charge is 0.493 e. The Hall–Kier alpha value is -2.06. The summed E-state index contributed by atoms with van der Waals surface area (Å²) < 4.78 is 11.1. The van der Waals surface area contributed by atoms with Gasteiger partial charge in [0.15, 0.2) is 11.5 Å². The molecule has 0 aliphatic heterocycles. The molecule has 0 radical (unpaired) electrons. The molecule has 4 nitrogen and oxygen atoms in total. The lowest BCUT2D eigenvalue weighted by Gasteiger charge is -2.15. The summed E-state index contributed by atoms with van der Waals surface area (Å²) in [6, 6.07) is 7.39. The van der Waals surface area contributed by atoms with Gasteiger partial charge in [0.05, 0.1) is 18.8 Å². The van der Waals surface area contributed by atoms with Gasteiger partial charge in [0.25, 0.3) is 0 Å². The van der Waals surface area contributed by atoms with Crippen molar-refractivity contribution in [3.8, 4) is 17.6 Å². The predicted molar refractivity (Wildman–Crippen MR) is 83.8 cm³/mol. The average Bonchev–Trinajstić information content (AvgIpc) is 2.45. The summed E-state index contributed by atoms with van der Waals surface area (Å²) in [5.41, 5.74) is 6.51. The van der Waals surface area contributed by atoms with Crippen LogP contribution in [0.5, 0.6) is 11.5 Å². The Morgan fingerprint density at radius 2 is 2.20 bits per heavy atom. The Kier molecular flexibility index (Phi) is 6.01. The molecule has 106 valence electrons. The number of benzene rings is 1. The van der Waals surface area contributed by atoms with Gasteiger partial charge in [-0.2, -0.15) is 5.26 Å². The van der Waals surface area contributed by atoms with Crippen LogP contribution in [0, 0.1) is 11.3 Å². The molecule has 0 aliphatic rings. The zero-order chi connectivity index (χ0) is 15.1. The first-order valence-electron chi connectivity index (χ1n) is 6.28. The second-order valence-electron chi connectivity index (χ2n) is 4.28. The molecule has 0 saturated heterocycles. The summed E-state index contributed by atoms with van der Waals surface area (Å²) in [5, 5.41) is 8.95. The molecule has 0 aromatic heterocycles. The number of methoxy groups -OCH3 is 1. The Balaban J connectivity index is 3.10. The monoisotopic (exact) mass is 290 g/mol. The molecule has 1 atom stereocenters. The topological polar surface area (TPSA) is 68.3 Å². The number of thiocarbonyl (C=S) groups is 1. The Morgan fingerprint density at radius 1 is 1.50 bits per heavy atom. The molecule has 0 amide bonds. The number of hydrogen-bond donors (Lipinski definition) is 1. The third-order valence-corrected chi connectivity index (χ3v) is 3.01. The van der Waals surface area contributed by atoms with E-state index in [0.29, 0.717) is 11.5 Å². The Morgan fingerprint density at radius 3 is 2.70 bits per heavy atom. The highest BCUT2D eigenvalue weighted by Crippen LogP contribution is 2.30. The van der Waals surface area contributed by atoms with E-state index in [1.54, 1.807) is 19.3 Å². The Bertz CT molecular complexity index is 561. The lowest BCUT2D eigenvalue weighted by atomic mass is 10.1. The van der Waals surface area contributed by atoms with E-state index in [1.807, 2.05) is 25.1 Å². The highest BCUT2D eigenvalue weighted by atomic mass is 32.1. The summed E-state index contributed by atoms with van der Waals surface area (Å²) >= 11 is 4.81. The van der Waals surface area contributed by atoms with Gasteiger partial charge in [0.2, 0.25) is 0 Å². The van der Waals surface area contributed by atoms with Crippen LogP contribution < -0.4 is 15.2 Å². The zero-order valence-electron chi connectivity index (χ0n) is 11.8. The molecule has 1 unspecified atom stereocenters. The van der Waals surface area contributed by atoms with Crippen LogP contribution in [0.25, 0.3) is 6.08 Å². The summed E-state index contributed by atoms with van der Waals surface area (Å²) in [6.07, 6.45) is 2.64. The lowest BCUT2D eigenvalue weighted by molar-refractivity contribution is 0.207. The quantitative estimate of drug-likeness (QED) is 0.495. The first-order valence-corrected chi connectivity index (χ1v) is 6.68. The maximum Gasteiger partial charge on any atom is 0.161 e. The van der Waals surface area contributed by atoms with Crippen molar-refractivity contribution < 1.29 is 9.47 Å². The molecule has 0 bridgehead atoms. The van der Waals surface area contributed by atoms with E-state index in [1.165, 1.54) is 0 Å². The van der Waals surface area contributed by atoms with Gasteiger partial charge < -0.3 is 15.2 Å². The molecule has 0 fully saturated rings. The molecule has 0 spiro atoms. The van der Waals surface area contributed by atoms with Crippen molar-refractivity contribution in [1.82, 2.24) is 0 Å². The van der Waals surface area contributed by atoms with Gasteiger partial charge in [0.1, 0.15) is 11.1 Å². The highest BCUT2D eigenvalue weighted by Gasteiger charge is 2.09. The maximum atomic E-state index is 8.95. The number of rotatable bonds is 6. The van der Waals surface area contributed by atoms with Crippen molar-refractivity contribution in [1.29, 1.82) is 5.26 Å². The number of hydrogen-bond acceptors (Lipinski definition) is 4. The molecule has 2 N–H and O–H groups in total. The van der Waals surface area contributed by atoms with Crippen LogP contribution in [0.2, 0.25) is 0 Å². The zero-order valence-corrected chi connectivity index (χ0v) is 12.7. The van der Waals surface area contributed by atoms with Gasteiger partial charge in [-0.25, -0.2) is 0 Å². The van der Waals surface area contributed by atoms with Gasteiger partial charge in [-0.1, -0.05) is 25.2 Å². The molecular weight excluding hydrogens is 272 g/mol. The minimum atomic E-state index is 0.0754. The molecule has 1 rings (SSSR count). The third kappa shape index (κ3) is 4.25. The van der Waals surface area contributed by atoms with E-state index in [9.17, 15) is 0 Å². The van der Waals surface area contributed by atoms with Crippen LogP contribution in [0.15, 0.2) is 23.8 Å². The molecule has 20 heavy (non-hydrogen) atoms. The molecule has 0 heterocycles. The molecular formula is C15H18N2O2S. The van der Waals surface area contributed by atoms with E-state index in [0.717, 1.165) is 12.0 Å². The molecule has 1 aromatic rings. The van der Waals surface area contributed by atoms with Crippen LogP contribution in [-0.2, 0) is 0 Å². The number of nitrogens with zero attached hydrogens (tertiary/aromatic N) is 1. The smallest absolute Gasteiger partial charge is 0.161 e. The van der Waals surface area contributed by atoms with E-state index in [4.69, 9.17) is 32.7 Å². The fourth-order valence-corrected chi connectivity index (χ4v) is 1.60. The van der Waals surface area contributed by atoms with Crippen molar-refractivity contribution in [3.63, 3.8) is 0 Å². The molecule has 5 heteroatoms. The Labute approximate surface area is 124 Å². The highest BCUT2D eigenvalue weighted by molar-refractivity contribution is 7.80. The van der Waals surface area contributed by atoms with Crippen molar-refractivity contribution in [2.45, 2.75) is 26.4 Å². The summed E-state index contributed by atoms with van der Waals surface area (Å²) in [6.45, 7) is 4.05. The van der Waals surface area contributed by atoms with Gasteiger partial charge in [-0.05, 0) is 37.1 Å². The van der Waals surface area contributed by atoms with Crippen molar-refractivity contribution in [2.24, 2.45) is 5.73 Å². The minimum Gasteiger partial charge on any atom is -0.493 e. The van der Waals surface area contributed by atoms with E-state index < -0.39 is 0 Å². The molecule has 0 aliphatic carbocycles. The third-order valence-electron chi connectivity index (χ3n) is 2.79. The predicted octanol–water partition coefficient (Wildman–Crippen LogP) is 3.07. The average molecular weight is 290 g/mol. The van der Waals surface area contributed by atoms with Gasteiger partial charge >= 0.3 is 0 Å². The second-order valence-corrected chi connectivity index (χ2v) is 4.72. The van der Waals surface area contributed by atoms with E-state index >= 15 is 0 Å². The molecule has 1 aromatic carbocycles. The number of ether oxygens (including phenoxy) is 2. The second kappa shape index (κ2) is 7.51. The SMILES string of the molecule is CCC(C)Oc1ccc(C=C(C#N)C(N)=S)cc1OC. The maximum absolute atomic E-state index is 8.95. The van der Waals surface area contributed by atoms with Crippen molar-refractivity contribution in [3.05, 3.63) is 29.3 Å². The van der Waals surface area contributed by atoms with Gasteiger partial charge in [-0.3, -0.25) is 0 Å². The van der Waals surface area contributed by atoms with Crippen molar-refractivity contribution in [2.75, 3.05) is 7.11 Å². The first kappa shape index (κ1) is 16.0. The lowest BCUT2D eigenvalue weighted by Crippen LogP contribution is -2.11. The fraction of sp³-hybridized carbons (Fsp3) is 0.333. The van der Waals surface area contributed by atoms with Crippen LogP contribution in [0.3, 0.4) is 0 Å². The van der Waals surface area contributed by atoms with Crippen LogP contribution in [0.1, 0.15) is 25.8 Å². The first-order chi connectivity index (χ1) is 9.51. The van der Waals surface area contributed by atoms with Gasteiger partial charge in [-0.15, -0.1) is 0 Å². The minimum absolute atomic E-state index is 0.0754. The number of nitrogens with two attached hydrogens (primary N) is 1.